The van der Waals surface area contributed by atoms with Gasteiger partial charge in [-0.1, -0.05) is 23.5 Å². The molecule has 74 valence electrons. The highest BCUT2D eigenvalue weighted by molar-refractivity contribution is 7.16. The molecular formula is C12H8O2S. The first kappa shape index (κ1) is 8.68. The number of hydrogen-bond donors (Lipinski definition) is 0. The molecule has 3 heteroatoms. The van der Waals surface area contributed by atoms with Gasteiger partial charge in [0.05, 0.1) is 11.8 Å². The molecule has 0 amide bonds. The van der Waals surface area contributed by atoms with E-state index in [0.717, 1.165) is 21.4 Å². The second-order valence-corrected chi connectivity index (χ2v) is 4.40. The van der Waals surface area contributed by atoms with E-state index >= 15 is 0 Å². The minimum Gasteiger partial charge on any atom is -0.464 e. The van der Waals surface area contributed by atoms with Crippen LogP contribution < -0.4 is 9.48 Å². The predicted octanol–water partition coefficient (Wildman–Crippen LogP) is 2.71. The lowest BCUT2D eigenvalue weighted by Gasteiger charge is -2.12. The van der Waals surface area contributed by atoms with Crippen LogP contribution in [0.1, 0.15) is 5.56 Å². The quantitative estimate of drug-likeness (QED) is 0.676. The van der Waals surface area contributed by atoms with Gasteiger partial charge >= 0.3 is 0 Å². The molecule has 0 atom stereocenters. The van der Waals surface area contributed by atoms with Gasteiger partial charge in [0.25, 0.3) is 0 Å². The Balaban J connectivity index is 2.47. The van der Waals surface area contributed by atoms with Crippen molar-refractivity contribution in [1.82, 2.24) is 0 Å². The van der Waals surface area contributed by atoms with E-state index in [9.17, 15) is 4.79 Å². The zero-order valence-corrected chi connectivity index (χ0v) is 8.71. The third-order valence-electron chi connectivity index (χ3n) is 2.46. The van der Waals surface area contributed by atoms with Gasteiger partial charge in [0.15, 0.2) is 0 Å². The van der Waals surface area contributed by atoms with Crippen LogP contribution in [-0.2, 0) is 6.42 Å². The molecule has 0 aliphatic carbocycles. The smallest absolute Gasteiger partial charge is 0.240 e. The Bertz CT molecular complexity index is 611. The van der Waals surface area contributed by atoms with Crippen molar-refractivity contribution in [2.75, 3.05) is 0 Å². The van der Waals surface area contributed by atoms with E-state index in [-0.39, 0.29) is 4.74 Å². The van der Waals surface area contributed by atoms with Crippen molar-refractivity contribution in [2.24, 2.45) is 0 Å². The van der Waals surface area contributed by atoms with Crippen molar-refractivity contribution in [3.8, 4) is 5.75 Å². The Morgan fingerprint density at radius 3 is 3.07 bits per heavy atom. The molecule has 1 aliphatic rings. The van der Waals surface area contributed by atoms with Crippen LogP contribution in [0.25, 0.3) is 10.1 Å². The van der Waals surface area contributed by atoms with Crippen LogP contribution in [0.15, 0.2) is 41.4 Å². The monoisotopic (exact) mass is 216 g/mol. The standard InChI is InChI=1S/C12H8O2S/c13-12-9-5-3-7-14-11(9)8-4-1-2-6-10(8)15-12/h1-4,6-7H,5H2. The fourth-order valence-electron chi connectivity index (χ4n) is 1.75. The summed E-state index contributed by atoms with van der Waals surface area (Å²) >= 11 is 1.29. The van der Waals surface area contributed by atoms with E-state index in [2.05, 4.69) is 0 Å². The van der Waals surface area contributed by atoms with Gasteiger partial charge in [0, 0.05) is 16.5 Å². The molecule has 2 nitrogen and oxygen atoms in total. The summed E-state index contributed by atoms with van der Waals surface area (Å²) in [4.78, 5) is 11.8. The third kappa shape index (κ3) is 1.27. The van der Waals surface area contributed by atoms with Gasteiger partial charge in [-0.2, -0.15) is 0 Å². The molecule has 0 N–H and O–H groups in total. The van der Waals surface area contributed by atoms with Crippen molar-refractivity contribution in [1.29, 1.82) is 0 Å². The zero-order chi connectivity index (χ0) is 10.3. The van der Waals surface area contributed by atoms with E-state index in [0.29, 0.717) is 6.42 Å². The normalized spacial score (nSPS) is 13.6. The van der Waals surface area contributed by atoms with Crippen molar-refractivity contribution in [3.05, 3.63) is 51.7 Å². The maximum Gasteiger partial charge on any atom is 0.240 e. The van der Waals surface area contributed by atoms with E-state index in [4.69, 9.17) is 4.74 Å². The lowest BCUT2D eigenvalue weighted by molar-refractivity contribution is 0.470. The van der Waals surface area contributed by atoms with Gasteiger partial charge in [-0.25, -0.2) is 0 Å². The van der Waals surface area contributed by atoms with Crippen LogP contribution >= 0.6 is 11.3 Å². The van der Waals surface area contributed by atoms with Crippen LogP contribution in [0.5, 0.6) is 5.75 Å². The molecule has 2 aromatic rings. The van der Waals surface area contributed by atoms with Gasteiger partial charge in [0.1, 0.15) is 5.75 Å². The molecule has 3 rings (SSSR count). The third-order valence-corrected chi connectivity index (χ3v) is 3.47. The summed E-state index contributed by atoms with van der Waals surface area (Å²) < 4.78 is 6.53. The summed E-state index contributed by atoms with van der Waals surface area (Å²) in [5.41, 5.74) is 0.779. The van der Waals surface area contributed by atoms with Crippen molar-refractivity contribution >= 4 is 21.4 Å². The number of benzene rings is 1. The Hall–Kier alpha value is -1.61. The van der Waals surface area contributed by atoms with E-state index < -0.39 is 0 Å². The average Bonchev–Trinajstić information content (AvgIpc) is 2.30. The minimum atomic E-state index is 0.105. The zero-order valence-electron chi connectivity index (χ0n) is 7.90. The van der Waals surface area contributed by atoms with Crippen LogP contribution in [0.3, 0.4) is 0 Å². The summed E-state index contributed by atoms with van der Waals surface area (Å²) in [5.74, 6) is 0.733. The lowest BCUT2D eigenvalue weighted by Crippen LogP contribution is -2.09. The van der Waals surface area contributed by atoms with Gasteiger partial charge in [0.2, 0.25) is 4.74 Å². The van der Waals surface area contributed by atoms with E-state index in [1.54, 1.807) is 6.26 Å². The van der Waals surface area contributed by atoms with E-state index in [1.807, 2.05) is 30.3 Å². The number of fused-ring (bicyclic) bond motifs is 3. The average molecular weight is 216 g/mol. The van der Waals surface area contributed by atoms with Crippen molar-refractivity contribution < 1.29 is 4.74 Å². The number of allylic oxidation sites excluding steroid dienone is 1. The van der Waals surface area contributed by atoms with Gasteiger partial charge in [-0.15, -0.1) is 0 Å². The summed E-state index contributed by atoms with van der Waals surface area (Å²) in [6, 6.07) is 7.83. The van der Waals surface area contributed by atoms with E-state index in [1.165, 1.54) is 11.3 Å². The second-order valence-electron chi connectivity index (χ2n) is 3.39. The Labute approximate surface area is 90.4 Å². The van der Waals surface area contributed by atoms with Crippen LogP contribution in [0.4, 0.5) is 0 Å². The fraction of sp³-hybridized carbons (Fsp3) is 0.0833. The number of hydrogen-bond acceptors (Lipinski definition) is 3. The van der Waals surface area contributed by atoms with Crippen LogP contribution in [-0.4, -0.2) is 0 Å². The molecule has 0 saturated carbocycles. The number of rotatable bonds is 0. The lowest BCUT2D eigenvalue weighted by atomic mass is 10.1. The maximum atomic E-state index is 11.8. The largest absolute Gasteiger partial charge is 0.464 e. The summed E-state index contributed by atoms with van der Waals surface area (Å²) in [5, 5.41) is 1.03. The topological polar surface area (TPSA) is 26.3 Å². The predicted molar refractivity (Wildman–Crippen MR) is 61.6 cm³/mol. The molecule has 0 bridgehead atoms. The van der Waals surface area contributed by atoms with Crippen LogP contribution in [0.2, 0.25) is 0 Å². The minimum absolute atomic E-state index is 0.105. The Morgan fingerprint density at radius 2 is 2.13 bits per heavy atom. The molecule has 0 radical (unpaired) electrons. The second kappa shape index (κ2) is 3.21. The molecular weight excluding hydrogens is 208 g/mol. The van der Waals surface area contributed by atoms with Gasteiger partial charge in [-0.05, 0) is 18.2 Å². The number of ether oxygens (including phenoxy) is 1. The molecule has 0 unspecified atom stereocenters. The molecule has 0 fully saturated rings. The molecule has 0 saturated heterocycles. The maximum absolute atomic E-state index is 11.8. The first-order valence-corrected chi connectivity index (χ1v) is 5.54. The first-order valence-electron chi connectivity index (χ1n) is 4.72. The summed E-state index contributed by atoms with van der Waals surface area (Å²) in [6.45, 7) is 0. The van der Waals surface area contributed by atoms with Crippen molar-refractivity contribution in [2.45, 2.75) is 6.42 Å². The molecule has 2 heterocycles. The van der Waals surface area contributed by atoms with Crippen molar-refractivity contribution in [3.63, 3.8) is 0 Å². The van der Waals surface area contributed by atoms with Gasteiger partial charge < -0.3 is 4.74 Å². The highest BCUT2D eigenvalue weighted by Gasteiger charge is 2.14. The molecule has 15 heavy (non-hydrogen) atoms. The summed E-state index contributed by atoms with van der Waals surface area (Å²) in [7, 11) is 0. The molecule has 1 aliphatic heterocycles. The Morgan fingerprint density at radius 1 is 1.27 bits per heavy atom. The molecule has 1 aromatic heterocycles. The molecule has 0 spiro atoms. The van der Waals surface area contributed by atoms with Gasteiger partial charge in [-0.3, -0.25) is 4.79 Å². The first-order chi connectivity index (χ1) is 7.36. The fourth-order valence-corrected chi connectivity index (χ4v) is 2.67. The molecule has 1 aromatic carbocycles. The highest BCUT2D eigenvalue weighted by atomic mass is 32.1. The van der Waals surface area contributed by atoms with Crippen LogP contribution in [0, 0.1) is 0 Å². The SMILES string of the molecule is O=c1sc2ccccc2c2c1CC=CO2. The highest BCUT2D eigenvalue weighted by Crippen LogP contribution is 2.31. The summed E-state index contributed by atoms with van der Waals surface area (Å²) in [6.07, 6.45) is 4.19. The Kier molecular flexibility index (Phi) is 1.86.